The van der Waals surface area contributed by atoms with E-state index in [1.54, 1.807) is 6.08 Å². The molecule has 0 aliphatic carbocycles. The third kappa shape index (κ3) is 3.85. The fraction of sp³-hybridized carbons (Fsp3) is 0.160. The van der Waals surface area contributed by atoms with Gasteiger partial charge in [-0.25, -0.2) is 0 Å². The SMILES string of the molecule is CCN(/C=C/C(=O)[Si](c1ccccc1)(c1ccccc1)c1ccccc1)CC. The predicted molar refractivity (Wildman–Crippen MR) is 121 cm³/mol. The number of hydrogen-bond donors (Lipinski definition) is 0. The van der Waals surface area contributed by atoms with Gasteiger partial charge in [0.05, 0.1) is 0 Å². The third-order valence-electron chi connectivity index (χ3n) is 5.24. The molecule has 0 aliphatic heterocycles. The molecule has 0 atom stereocenters. The molecule has 142 valence electrons. The molecule has 0 saturated carbocycles. The van der Waals surface area contributed by atoms with Crippen LogP contribution in [-0.2, 0) is 4.79 Å². The molecule has 0 N–H and O–H groups in total. The summed E-state index contributed by atoms with van der Waals surface area (Å²) in [6.07, 6.45) is 3.76. The largest absolute Gasteiger partial charge is 0.378 e. The van der Waals surface area contributed by atoms with Crippen molar-refractivity contribution in [2.75, 3.05) is 13.1 Å². The standard InChI is InChI=1S/C25H27NOSi/c1-3-26(4-2)21-20-25(27)28(22-14-8-5-9-15-22,23-16-10-6-11-17-23)24-18-12-7-13-19-24/h5-21H,3-4H2,1-2H3/b21-20+. The lowest BCUT2D eigenvalue weighted by Crippen LogP contribution is -2.72. The molecule has 3 rings (SSSR count). The topological polar surface area (TPSA) is 20.3 Å². The van der Waals surface area contributed by atoms with Crippen LogP contribution in [0.25, 0.3) is 0 Å². The molecule has 0 radical (unpaired) electrons. The van der Waals surface area contributed by atoms with Gasteiger partial charge < -0.3 is 4.90 Å². The van der Waals surface area contributed by atoms with Gasteiger partial charge in [0, 0.05) is 19.3 Å². The van der Waals surface area contributed by atoms with Gasteiger partial charge in [0.25, 0.3) is 0 Å². The summed E-state index contributed by atoms with van der Waals surface area (Å²) in [6.45, 7) is 5.98. The minimum atomic E-state index is -2.87. The second-order valence-electron chi connectivity index (χ2n) is 6.75. The average Bonchev–Trinajstić information content (AvgIpc) is 2.77. The van der Waals surface area contributed by atoms with Gasteiger partial charge in [-0.15, -0.1) is 0 Å². The van der Waals surface area contributed by atoms with E-state index in [1.165, 1.54) is 0 Å². The van der Waals surface area contributed by atoms with Crippen LogP contribution < -0.4 is 15.6 Å². The summed E-state index contributed by atoms with van der Waals surface area (Å²) >= 11 is 0. The molecule has 0 saturated heterocycles. The minimum Gasteiger partial charge on any atom is -0.378 e. The van der Waals surface area contributed by atoms with Gasteiger partial charge in [-0.05, 0) is 35.5 Å². The highest BCUT2D eigenvalue weighted by Gasteiger charge is 2.45. The normalized spacial score (nSPS) is 11.5. The van der Waals surface area contributed by atoms with E-state index in [4.69, 9.17) is 0 Å². The van der Waals surface area contributed by atoms with Gasteiger partial charge in [-0.1, -0.05) is 91.0 Å². The summed E-state index contributed by atoms with van der Waals surface area (Å²) in [6, 6.07) is 30.9. The minimum absolute atomic E-state index is 0.197. The molecule has 3 heteroatoms. The first-order chi connectivity index (χ1) is 13.7. The van der Waals surface area contributed by atoms with E-state index in [1.807, 2.05) is 60.8 Å². The summed E-state index contributed by atoms with van der Waals surface area (Å²) in [7, 11) is -2.87. The lowest BCUT2D eigenvalue weighted by Gasteiger charge is -2.31. The smallest absolute Gasteiger partial charge is 0.229 e. The molecular weight excluding hydrogens is 358 g/mol. The maximum atomic E-state index is 14.0. The first-order valence-corrected chi connectivity index (χ1v) is 11.9. The molecular formula is C25H27NOSi. The zero-order valence-electron chi connectivity index (χ0n) is 16.6. The van der Waals surface area contributed by atoms with Crippen LogP contribution in [0.15, 0.2) is 103 Å². The molecule has 0 unspecified atom stereocenters. The Labute approximate surface area is 169 Å². The van der Waals surface area contributed by atoms with Crippen LogP contribution in [0.5, 0.6) is 0 Å². The maximum absolute atomic E-state index is 14.0. The summed E-state index contributed by atoms with van der Waals surface area (Å²) < 4.78 is 0. The summed E-state index contributed by atoms with van der Waals surface area (Å²) in [4.78, 5) is 16.1. The quantitative estimate of drug-likeness (QED) is 0.337. The third-order valence-corrected chi connectivity index (χ3v) is 9.74. The Morgan fingerprint density at radius 3 is 1.39 bits per heavy atom. The zero-order valence-corrected chi connectivity index (χ0v) is 17.6. The van der Waals surface area contributed by atoms with Crippen LogP contribution in [-0.4, -0.2) is 31.5 Å². The number of nitrogens with zero attached hydrogens (tertiary/aromatic N) is 1. The highest BCUT2D eigenvalue weighted by atomic mass is 28.3. The van der Waals surface area contributed by atoms with Crippen molar-refractivity contribution in [2.24, 2.45) is 0 Å². The Morgan fingerprint density at radius 1 is 0.714 bits per heavy atom. The van der Waals surface area contributed by atoms with E-state index in [0.29, 0.717) is 0 Å². The van der Waals surface area contributed by atoms with E-state index >= 15 is 0 Å². The highest BCUT2D eigenvalue weighted by molar-refractivity contribution is 7.30. The number of benzene rings is 3. The number of rotatable bonds is 8. The second kappa shape index (κ2) is 9.33. The molecule has 28 heavy (non-hydrogen) atoms. The fourth-order valence-electron chi connectivity index (χ4n) is 3.72. The van der Waals surface area contributed by atoms with Crippen LogP contribution in [0.2, 0.25) is 0 Å². The Kier molecular flexibility index (Phi) is 6.61. The van der Waals surface area contributed by atoms with Gasteiger partial charge in [0.1, 0.15) is 5.41 Å². The number of hydrogen-bond acceptors (Lipinski definition) is 2. The zero-order chi connectivity index (χ0) is 19.8. The molecule has 0 bridgehead atoms. The van der Waals surface area contributed by atoms with Crippen molar-refractivity contribution in [1.82, 2.24) is 4.90 Å². The first kappa shape index (κ1) is 19.8. The molecule has 0 amide bonds. The van der Waals surface area contributed by atoms with Crippen molar-refractivity contribution in [2.45, 2.75) is 13.8 Å². The molecule has 0 aromatic heterocycles. The van der Waals surface area contributed by atoms with Crippen molar-refractivity contribution >= 4 is 29.0 Å². The fourth-order valence-corrected chi connectivity index (χ4v) is 7.98. The van der Waals surface area contributed by atoms with Gasteiger partial charge >= 0.3 is 0 Å². The second-order valence-corrected chi connectivity index (χ2v) is 10.5. The van der Waals surface area contributed by atoms with Crippen molar-refractivity contribution in [3.05, 3.63) is 103 Å². The number of carbonyl (C=O) groups is 1. The summed E-state index contributed by atoms with van der Waals surface area (Å²) in [5, 5.41) is 3.53. The molecule has 3 aromatic carbocycles. The van der Waals surface area contributed by atoms with Crippen molar-refractivity contribution in [3.8, 4) is 0 Å². The Balaban J connectivity index is 2.27. The maximum Gasteiger partial charge on any atom is 0.229 e. The van der Waals surface area contributed by atoms with Gasteiger partial charge in [0.2, 0.25) is 8.07 Å². The van der Waals surface area contributed by atoms with Crippen molar-refractivity contribution < 1.29 is 4.79 Å². The predicted octanol–water partition coefficient (Wildman–Crippen LogP) is 3.12. The van der Waals surface area contributed by atoms with Crippen LogP contribution >= 0.6 is 0 Å². The number of allylic oxidation sites excluding steroid dienone is 1. The van der Waals surface area contributed by atoms with Gasteiger partial charge in [-0.3, -0.25) is 4.79 Å². The molecule has 0 fully saturated rings. The summed E-state index contributed by atoms with van der Waals surface area (Å²) in [5.41, 5.74) is 0. The van der Waals surface area contributed by atoms with E-state index in [2.05, 4.69) is 55.1 Å². The van der Waals surface area contributed by atoms with E-state index < -0.39 is 8.07 Å². The lowest BCUT2D eigenvalue weighted by molar-refractivity contribution is -0.108. The van der Waals surface area contributed by atoms with Crippen LogP contribution in [0.4, 0.5) is 0 Å². The molecule has 0 spiro atoms. The molecule has 2 nitrogen and oxygen atoms in total. The van der Waals surface area contributed by atoms with Crippen LogP contribution in [0.1, 0.15) is 13.8 Å². The highest BCUT2D eigenvalue weighted by Crippen LogP contribution is 2.10. The first-order valence-electron chi connectivity index (χ1n) is 9.86. The number of carbonyl (C=O) groups excluding carboxylic acids is 1. The Bertz CT molecular complexity index is 806. The van der Waals surface area contributed by atoms with Crippen molar-refractivity contribution in [3.63, 3.8) is 0 Å². The van der Waals surface area contributed by atoms with Gasteiger partial charge in [-0.2, -0.15) is 0 Å². The van der Waals surface area contributed by atoms with Crippen molar-refractivity contribution in [1.29, 1.82) is 0 Å². The Morgan fingerprint density at radius 2 is 1.07 bits per heavy atom. The average molecular weight is 386 g/mol. The van der Waals surface area contributed by atoms with E-state index in [9.17, 15) is 4.79 Å². The monoisotopic (exact) mass is 385 g/mol. The van der Waals surface area contributed by atoms with Gasteiger partial charge in [0.15, 0.2) is 0 Å². The molecule has 3 aromatic rings. The Hall–Kier alpha value is -2.91. The van der Waals surface area contributed by atoms with E-state index in [-0.39, 0.29) is 5.41 Å². The summed E-state index contributed by atoms with van der Waals surface area (Å²) in [5.74, 6) is 0. The molecule has 0 heterocycles. The van der Waals surface area contributed by atoms with Crippen LogP contribution in [0.3, 0.4) is 0 Å². The molecule has 0 aliphatic rings. The van der Waals surface area contributed by atoms with E-state index in [0.717, 1.165) is 28.6 Å². The lowest BCUT2D eigenvalue weighted by atomic mass is 10.3. The van der Waals surface area contributed by atoms with Crippen LogP contribution in [0, 0.1) is 0 Å².